The quantitative estimate of drug-likeness (QED) is 0.860. The summed E-state index contributed by atoms with van der Waals surface area (Å²) in [6, 6.07) is 12.8. The lowest BCUT2D eigenvalue weighted by atomic mass is 10.1. The van der Waals surface area contributed by atoms with Crippen LogP contribution in [0.15, 0.2) is 42.5 Å². The van der Waals surface area contributed by atoms with Crippen LogP contribution in [-0.4, -0.2) is 20.1 Å². The molecule has 0 spiro atoms. The minimum absolute atomic E-state index is 0.0280. The minimum atomic E-state index is -0.434. The van der Waals surface area contributed by atoms with E-state index >= 15 is 0 Å². The highest BCUT2D eigenvalue weighted by Gasteiger charge is 2.12. The lowest BCUT2D eigenvalue weighted by Crippen LogP contribution is -2.11. The zero-order chi connectivity index (χ0) is 16.1. The number of ether oxygens (including phenoxy) is 2. The first-order valence-electron chi connectivity index (χ1n) is 6.93. The molecule has 0 saturated heterocycles. The zero-order valence-electron chi connectivity index (χ0n) is 12.9. The summed E-state index contributed by atoms with van der Waals surface area (Å²) >= 11 is 0. The largest absolute Gasteiger partial charge is 0.497 e. The molecule has 0 aromatic heterocycles. The van der Waals surface area contributed by atoms with Crippen LogP contribution in [0.2, 0.25) is 0 Å². The van der Waals surface area contributed by atoms with Crippen LogP contribution in [0.3, 0.4) is 0 Å². The number of amides is 1. The summed E-state index contributed by atoms with van der Waals surface area (Å²) in [5.74, 6) is 1.07. The maximum Gasteiger partial charge on any atom is 0.248 e. The van der Waals surface area contributed by atoms with Crippen molar-refractivity contribution in [2.75, 3.05) is 19.5 Å². The standard InChI is InChI=1S/C17H20N2O3/c1-11(15-9-8-14(21-2)10-16(15)22-3)19-13-6-4-12(5-7-13)17(18)20/h4-11,19H,1-3H3,(H2,18,20). The summed E-state index contributed by atoms with van der Waals surface area (Å²) in [5, 5.41) is 3.36. The molecule has 0 fully saturated rings. The van der Waals surface area contributed by atoms with E-state index in [0.29, 0.717) is 5.56 Å². The third-order valence-electron chi connectivity index (χ3n) is 3.46. The number of methoxy groups -OCH3 is 2. The van der Waals surface area contributed by atoms with E-state index in [1.165, 1.54) is 0 Å². The number of carbonyl (C=O) groups excluding carboxylic acids is 1. The van der Waals surface area contributed by atoms with Gasteiger partial charge in [0, 0.05) is 22.9 Å². The number of anilines is 1. The van der Waals surface area contributed by atoms with E-state index in [-0.39, 0.29) is 6.04 Å². The molecule has 3 N–H and O–H groups in total. The maximum absolute atomic E-state index is 11.1. The highest BCUT2D eigenvalue weighted by atomic mass is 16.5. The fourth-order valence-electron chi connectivity index (χ4n) is 2.23. The average molecular weight is 300 g/mol. The molecule has 1 amide bonds. The van der Waals surface area contributed by atoms with Gasteiger partial charge in [0.15, 0.2) is 0 Å². The Balaban J connectivity index is 2.17. The molecule has 1 atom stereocenters. The van der Waals surface area contributed by atoms with E-state index in [2.05, 4.69) is 5.32 Å². The zero-order valence-corrected chi connectivity index (χ0v) is 12.9. The average Bonchev–Trinajstić information content (AvgIpc) is 2.54. The molecule has 2 rings (SSSR count). The number of nitrogens with one attached hydrogen (secondary N) is 1. The van der Waals surface area contributed by atoms with Gasteiger partial charge in [-0.15, -0.1) is 0 Å². The second-order valence-corrected chi connectivity index (χ2v) is 4.92. The molecule has 0 heterocycles. The van der Waals surface area contributed by atoms with E-state index in [9.17, 15) is 4.79 Å². The molecule has 5 heteroatoms. The van der Waals surface area contributed by atoms with Gasteiger partial charge in [0.05, 0.1) is 20.3 Å². The Morgan fingerprint density at radius 1 is 1.09 bits per heavy atom. The predicted octanol–water partition coefficient (Wildman–Crippen LogP) is 2.98. The summed E-state index contributed by atoms with van der Waals surface area (Å²) < 4.78 is 10.6. The maximum atomic E-state index is 11.1. The third-order valence-corrected chi connectivity index (χ3v) is 3.46. The van der Waals surface area contributed by atoms with Gasteiger partial charge in [0.25, 0.3) is 0 Å². The first-order chi connectivity index (χ1) is 10.5. The van der Waals surface area contributed by atoms with Crippen molar-refractivity contribution in [1.82, 2.24) is 0 Å². The Kier molecular flexibility index (Phi) is 4.88. The molecule has 0 aliphatic carbocycles. The molecule has 0 aliphatic heterocycles. The second-order valence-electron chi connectivity index (χ2n) is 4.92. The van der Waals surface area contributed by atoms with Gasteiger partial charge in [-0.25, -0.2) is 0 Å². The molecule has 5 nitrogen and oxygen atoms in total. The van der Waals surface area contributed by atoms with Gasteiger partial charge in [0.1, 0.15) is 11.5 Å². The third kappa shape index (κ3) is 3.49. The molecule has 0 saturated carbocycles. The molecule has 1 unspecified atom stereocenters. The first-order valence-corrected chi connectivity index (χ1v) is 6.93. The molecular weight excluding hydrogens is 280 g/mol. The Morgan fingerprint density at radius 3 is 2.32 bits per heavy atom. The van der Waals surface area contributed by atoms with E-state index in [1.807, 2.05) is 37.3 Å². The first kappa shape index (κ1) is 15.7. The fourth-order valence-corrected chi connectivity index (χ4v) is 2.23. The number of rotatable bonds is 6. The van der Waals surface area contributed by atoms with Crippen LogP contribution in [0.1, 0.15) is 28.9 Å². The summed E-state index contributed by atoms with van der Waals surface area (Å²) in [4.78, 5) is 11.1. The molecule has 0 radical (unpaired) electrons. The lowest BCUT2D eigenvalue weighted by molar-refractivity contribution is 0.100. The van der Waals surface area contributed by atoms with E-state index < -0.39 is 5.91 Å². The minimum Gasteiger partial charge on any atom is -0.497 e. The normalized spacial score (nSPS) is 11.6. The summed E-state index contributed by atoms with van der Waals surface area (Å²) in [6.07, 6.45) is 0. The van der Waals surface area contributed by atoms with E-state index in [0.717, 1.165) is 22.7 Å². The summed E-state index contributed by atoms with van der Waals surface area (Å²) in [5.41, 5.74) is 7.63. The Hall–Kier alpha value is -2.69. The topological polar surface area (TPSA) is 73.6 Å². The molecule has 2 aromatic rings. The van der Waals surface area contributed by atoms with Gasteiger partial charge >= 0.3 is 0 Å². The van der Waals surface area contributed by atoms with Crippen LogP contribution in [0, 0.1) is 0 Å². The fraction of sp³-hybridized carbons (Fsp3) is 0.235. The Bertz CT molecular complexity index is 653. The van der Waals surface area contributed by atoms with Gasteiger partial charge in [-0.05, 0) is 43.3 Å². The predicted molar refractivity (Wildman–Crippen MR) is 86.5 cm³/mol. The highest BCUT2D eigenvalue weighted by Crippen LogP contribution is 2.31. The van der Waals surface area contributed by atoms with Gasteiger partial charge < -0.3 is 20.5 Å². The van der Waals surface area contributed by atoms with E-state index in [1.54, 1.807) is 26.4 Å². The van der Waals surface area contributed by atoms with Crippen molar-refractivity contribution in [2.24, 2.45) is 5.73 Å². The number of benzene rings is 2. The number of hydrogen-bond acceptors (Lipinski definition) is 4. The molecule has 2 aromatic carbocycles. The van der Waals surface area contributed by atoms with Crippen LogP contribution in [0.25, 0.3) is 0 Å². The van der Waals surface area contributed by atoms with Gasteiger partial charge in [-0.1, -0.05) is 0 Å². The van der Waals surface area contributed by atoms with E-state index in [4.69, 9.17) is 15.2 Å². The Labute approximate surface area is 130 Å². The number of carbonyl (C=O) groups is 1. The molecule has 0 aliphatic rings. The van der Waals surface area contributed by atoms with Crippen LogP contribution in [-0.2, 0) is 0 Å². The van der Waals surface area contributed by atoms with Crippen LogP contribution in [0.4, 0.5) is 5.69 Å². The van der Waals surface area contributed by atoms with Gasteiger partial charge in [-0.2, -0.15) is 0 Å². The summed E-state index contributed by atoms with van der Waals surface area (Å²) in [6.45, 7) is 2.03. The monoisotopic (exact) mass is 300 g/mol. The van der Waals surface area contributed by atoms with Crippen molar-refractivity contribution in [1.29, 1.82) is 0 Å². The van der Waals surface area contributed by atoms with Crippen molar-refractivity contribution in [3.8, 4) is 11.5 Å². The Morgan fingerprint density at radius 2 is 1.77 bits per heavy atom. The van der Waals surface area contributed by atoms with Crippen molar-refractivity contribution in [3.05, 3.63) is 53.6 Å². The number of hydrogen-bond donors (Lipinski definition) is 2. The van der Waals surface area contributed by atoms with Gasteiger partial charge in [0.2, 0.25) is 5.91 Å². The summed E-state index contributed by atoms with van der Waals surface area (Å²) in [7, 11) is 3.25. The van der Waals surface area contributed by atoms with Crippen molar-refractivity contribution >= 4 is 11.6 Å². The van der Waals surface area contributed by atoms with Crippen LogP contribution < -0.4 is 20.5 Å². The number of primary amides is 1. The molecule has 116 valence electrons. The number of nitrogens with two attached hydrogens (primary N) is 1. The SMILES string of the molecule is COc1ccc(C(C)Nc2ccc(C(N)=O)cc2)c(OC)c1. The molecular formula is C17H20N2O3. The van der Waals surface area contributed by atoms with Crippen molar-refractivity contribution in [3.63, 3.8) is 0 Å². The van der Waals surface area contributed by atoms with Gasteiger partial charge in [-0.3, -0.25) is 4.79 Å². The smallest absolute Gasteiger partial charge is 0.248 e. The highest BCUT2D eigenvalue weighted by molar-refractivity contribution is 5.93. The van der Waals surface area contributed by atoms with Crippen molar-refractivity contribution < 1.29 is 14.3 Å². The molecule has 22 heavy (non-hydrogen) atoms. The van der Waals surface area contributed by atoms with Crippen molar-refractivity contribution in [2.45, 2.75) is 13.0 Å². The second kappa shape index (κ2) is 6.85. The van der Waals surface area contributed by atoms with Crippen LogP contribution in [0.5, 0.6) is 11.5 Å². The van der Waals surface area contributed by atoms with Crippen LogP contribution >= 0.6 is 0 Å². The lowest BCUT2D eigenvalue weighted by Gasteiger charge is -2.19. The molecule has 0 bridgehead atoms.